The van der Waals surface area contributed by atoms with Crippen molar-refractivity contribution < 1.29 is 17.9 Å². The Bertz CT molecular complexity index is 717. The van der Waals surface area contributed by atoms with Crippen LogP contribution in [0.2, 0.25) is 0 Å². The van der Waals surface area contributed by atoms with Gasteiger partial charge in [-0.2, -0.15) is 4.31 Å². The molecule has 1 aliphatic heterocycles. The number of rotatable bonds is 5. The van der Waals surface area contributed by atoms with E-state index in [1.807, 2.05) is 6.92 Å². The summed E-state index contributed by atoms with van der Waals surface area (Å²) in [6.07, 6.45) is 0.732. The standard InChI is InChI=1S/C15H25N3O4S.ClH/c1-5-22-14(19)12-10(2)13(11(3)17-12)23(20,21)18-7-6-15(4,8-16)9-18;/h17H,5-9,16H2,1-4H3;1H. The molecule has 1 atom stereocenters. The van der Waals surface area contributed by atoms with Crippen molar-refractivity contribution in [2.45, 2.75) is 39.0 Å². The molecular formula is C15H26ClN3O4S. The number of sulfonamides is 1. The minimum absolute atomic E-state index is 0. The Labute approximate surface area is 149 Å². The summed E-state index contributed by atoms with van der Waals surface area (Å²) < 4.78 is 32.4. The molecule has 1 unspecified atom stereocenters. The molecule has 0 amide bonds. The molecule has 24 heavy (non-hydrogen) atoms. The van der Waals surface area contributed by atoms with Crippen LogP contribution in [0, 0.1) is 19.3 Å². The molecule has 9 heteroatoms. The molecule has 0 aliphatic carbocycles. The van der Waals surface area contributed by atoms with Gasteiger partial charge in [0.1, 0.15) is 10.6 Å². The van der Waals surface area contributed by atoms with Crippen molar-refractivity contribution >= 4 is 28.4 Å². The van der Waals surface area contributed by atoms with Gasteiger partial charge in [0.15, 0.2) is 0 Å². The summed E-state index contributed by atoms with van der Waals surface area (Å²) in [5.41, 5.74) is 6.61. The molecule has 1 aliphatic rings. The summed E-state index contributed by atoms with van der Waals surface area (Å²) >= 11 is 0. The predicted molar refractivity (Wildman–Crippen MR) is 94.0 cm³/mol. The maximum Gasteiger partial charge on any atom is 0.355 e. The lowest BCUT2D eigenvalue weighted by Crippen LogP contribution is -2.34. The van der Waals surface area contributed by atoms with Gasteiger partial charge < -0.3 is 15.5 Å². The highest BCUT2D eigenvalue weighted by Gasteiger charge is 2.41. The lowest BCUT2D eigenvalue weighted by Gasteiger charge is -2.22. The molecule has 2 heterocycles. The number of aromatic nitrogens is 1. The van der Waals surface area contributed by atoms with Gasteiger partial charge in [0.2, 0.25) is 10.0 Å². The maximum absolute atomic E-state index is 13.0. The predicted octanol–water partition coefficient (Wildman–Crippen LogP) is 1.59. The van der Waals surface area contributed by atoms with Crippen LogP contribution in [0.15, 0.2) is 4.90 Å². The van der Waals surface area contributed by atoms with E-state index in [0.29, 0.717) is 30.9 Å². The van der Waals surface area contributed by atoms with Crippen LogP contribution in [0.25, 0.3) is 0 Å². The van der Waals surface area contributed by atoms with Gasteiger partial charge in [-0.05, 0) is 39.2 Å². The first-order valence-electron chi connectivity index (χ1n) is 7.73. The Balaban J connectivity index is 0.00000288. The van der Waals surface area contributed by atoms with Gasteiger partial charge in [-0.3, -0.25) is 0 Å². The molecule has 1 aromatic rings. The minimum Gasteiger partial charge on any atom is -0.461 e. The van der Waals surface area contributed by atoms with E-state index in [2.05, 4.69) is 4.98 Å². The summed E-state index contributed by atoms with van der Waals surface area (Å²) in [5, 5.41) is 0. The molecule has 1 fully saturated rings. The fraction of sp³-hybridized carbons (Fsp3) is 0.667. The quantitative estimate of drug-likeness (QED) is 0.755. The molecule has 0 saturated carbocycles. The zero-order chi connectivity index (χ0) is 17.4. The number of ether oxygens (including phenoxy) is 1. The summed E-state index contributed by atoms with van der Waals surface area (Å²) in [7, 11) is -3.67. The lowest BCUT2D eigenvalue weighted by atomic mass is 9.90. The van der Waals surface area contributed by atoms with Crippen molar-refractivity contribution in [3.63, 3.8) is 0 Å². The Morgan fingerprint density at radius 3 is 2.54 bits per heavy atom. The Hall–Kier alpha value is -1.09. The van der Waals surface area contributed by atoms with E-state index in [4.69, 9.17) is 10.5 Å². The monoisotopic (exact) mass is 379 g/mol. The normalized spacial score (nSPS) is 21.5. The number of carbonyl (C=O) groups is 1. The van der Waals surface area contributed by atoms with Crippen molar-refractivity contribution in [1.29, 1.82) is 0 Å². The molecule has 1 saturated heterocycles. The number of aromatic amines is 1. The smallest absolute Gasteiger partial charge is 0.355 e. The molecule has 138 valence electrons. The van der Waals surface area contributed by atoms with E-state index in [1.165, 1.54) is 4.31 Å². The molecule has 0 radical (unpaired) electrons. The second-order valence-corrected chi connectivity index (χ2v) is 8.28. The Morgan fingerprint density at radius 1 is 1.42 bits per heavy atom. The van der Waals surface area contributed by atoms with Crippen LogP contribution in [0.1, 0.15) is 42.0 Å². The van der Waals surface area contributed by atoms with Crippen molar-refractivity contribution in [3.05, 3.63) is 17.0 Å². The first kappa shape index (κ1) is 21.0. The van der Waals surface area contributed by atoms with Crippen LogP contribution in [0.5, 0.6) is 0 Å². The van der Waals surface area contributed by atoms with E-state index >= 15 is 0 Å². The van der Waals surface area contributed by atoms with Gasteiger partial charge >= 0.3 is 5.97 Å². The van der Waals surface area contributed by atoms with Crippen molar-refractivity contribution in [2.75, 3.05) is 26.2 Å². The van der Waals surface area contributed by atoms with Gasteiger partial charge in [0, 0.05) is 24.3 Å². The average molecular weight is 380 g/mol. The van der Waals surface area contributed by atoms with Crippen LogP contribution >= 0.6 is 12.4 Å². The lowest BCUT2D eigenvalue weighted by molar-refractivity contribution is 0.0519. The second kappa shape index (κ2) is 7.43. The molecular weight excluding hydrogens is 354 g/mol. The van der Waals surface area contributed by atoms with Gasteiger partial charge in [0.25, 0.3) is 0 Å². The summed E-state index contributed by atoms with van der Waals surface area (Å²) in [6.45, 7) is 8.49. The Morgan fingerprint density at radius 2 is 2.04 bits per heavy atom. The molecule has 1 aromatic heterocycles. The number of aryl methyl sites for hydroxylation is 1. The number of nitrogens with two attached hydrogens (primary N) is 1. The van der Waals surface area contributed by atoms with Gasteiger partial charge in [0.05, 0.1) is 6.61 Å². The first-order valence-corrected chi connectivity index (χ1v) is 9.17. The number of H-pyrrole nitrogens is 1. The number of carbonyl (C=O) groups excluding carboxylic acids is 1. The third kappa shape index (κ3) is 3.61. The van der Waals surface area contributed by atoms with Crippen LogP contribution in [0.4, 0.5) is 0 Å². The van der Waals surface area contributed by atoms with Crippen LogP contribution in [-0.4, -0.2) is 49.9 Å². The fourth-order valence-corrected chi connectivity index (χ4v) is 5.00. The summed E-state index contributed by atoms with van der Waals surface area (Å²) in [6, 6.07) is 0. The van der Waals surface area contributed by atoms with E-state index in [-0.39, 0.29) is 35.0 Å². The number of halogens is 1. The van der Waals surface area contributed by atoms with E-state index in [1.54, 1.807) is 20.8 Å². The largest absolute Gasteiger partial charge is 0.461 e. The van der Waals surface area contributed by atoms with Crippen LogP contribution in [0.3, 0.4) is 0 Å². The highest BCUT2D eigenvalue weighted by atomic mass is 35.5. The third-order valence-electron chi connectivity index (χ3n) is 4.46. The SMILES string of the molecule is CCOC(=O)c1[nH]c(C)c(S(=O)(=O)N2CCC(C)(CN)C2)c1C.Cl. The number of hydrogen-bond donors (Lipinski definition) is 2. The third-order valence-corrected chi connectivity index (χ3v) is 6.58. The Kier molecular flexibility index (Phi) is 6.49. The average Bonchev–Trinajstić information content (AvgIpc) is 3.01. The zero-order valence-electron chi connectivity index (χ0n) is 14.5. The fourth-order valence-electron chi connectivity index (χ4n) is 3.01. The molecule has 0 bridgehead atoms. The molecule has 2 rings (SSSR count). The van der Waals surface area contributed by atoms with Gasteiger partial charge in [-0.15, -0.1) is 12.4 Å². The number of nitrogens with one attached hydrogen (secondary N) is 1. The topological polar surface area (TPSA) is 105 Å². The molecule has 7 nitrogen and oxygen atoms in total. The molecule has 0 spiro atoms. The van der Waals surface area contributed by atoms with Crippen LogP contribution in [-0.2, 0) is 14.8 Å². The van der Waals surface area contributed by atoms with Gasteiger partial charge in [-0.1, -0.05) is 6.92 Å². The summed E-state index contributed by atoms with van der Waals surface area (Å²) in [5.74, 6) is -0.539. The van der Waals surface area contributed by atoms with E-state index in [9.17, 15) is 13.2 Å². The first-order chi connectivity index (χ1) is 10.7. The van der Waals surface area contributed by atoms with Gasteiger partial charge in [-0.25, -0.2) is 13.2 Å². The summed E-state index contributed by atoms with van der Waals surface area (Å²) in [4.78, 5) is 15.0. The molecule has 0 aromatic carbocycles. The number of esters is 1. The number of nitrogens with zero attached hydrogens (tertiary/aromatic N) is 1. The molecule has 3 N–H and O–H groups in total. The van der Waals surface area contributed by atoms with E-state index < -0.39 is 16.0 Å². The second-order valence-electron chi connectivity index (χ2n) is 6.40. The number of hydrogen-bond acceptors (Lipinski definition) is 5. The van der Waals surface area contributed by atoms with Crippen molar-refractivity contribution in [3.8, 4) is 0 Å². The zero-order valence-corrected chi connectivity index (χ0v) is 16.1. The van der Waals surface area contributed by atoms with Crippen molar-refractivity contribution in [2.24, 2.45) is 11.1 Å². The van der Waals surface area contributed by atoms with E-state index in [0.717, 1.165) is 6.42 Å². The van der Waals surface area contributed by atoms with Crippen LogP contribution < -0.4 is 5.73 Å². The van der Waals surface area contributed by atoms with Crippen molar-refractivity contribution in [1.82, 2.24) is 9.29 Å². The highest BCUT2D eigenvalue weighted by Crippen LogP contribution is 2.35. The maximum atomic E-state index is 13.0. The minimum atomic E-state index is -3.67. The highest BCUT2D eigenvalue weighted by molar-refractivity contribution is 7.89.